The number of benzene rings is 2. The average Bonchev–Trinajstić information content (AvgIpc) is 3.29. The zero-order chi connectivity index (χ0) is 31.4. The maximum Gasteiger partial charge on any atom is 0.355 e. The first kappa shape index (κ1) is 32.4. The van der Waals surface area contributed by atoms with Gasteiger partial charge in [-0.3, -0.25) is 4.79 Å². The number of carbonyl (C=O) groups is 2. The molecule has 1 aliphatic heterocycles. The predicted octanol–water partition coefficient (Wildman–Crippen LogP) is 7.88. The molecule has 3 aromatic rings. The fraction of sp³-hybridized carbons (Fsp3) is 0.486. The van der Waals surface area contributed by atoms with Crippen LogP contribution in [0.2, 0.25) is 0 Å². The molecule has 1 aromatic heterocycles. The van der Waals surface area contributed by atoms with E-state index in [1.165, 1.54) is 12.1 Å². The highest BCUT2D eigenvalue weighted by Gasteiger charge is 2.37. The molecule has 0 unspecified atom stereocenters. The van der Waals surface area contributed by atoms with Crippen molar-refractivity contribution in [1.29, 1.82) is 0 Å². The Bertz CT molecular complexity index is 1390. The number of ether oxygens (including phenoxy) is 4. The lowest BCUT2D eigenvalue weighted by molar-refractivity contribution is -0.300. The molecule has 2 aromatic carbocycles. The fourth-order valence-corrected chi connectivity index (χ4v) is 5.67. The number of hydrogen-bond donors (Lipinski definition) is 1. The summed E-state index contributed by atoms with van der Waals surface area (Å²) in [5.41, 5.74) is 4.08. The maximum atomic E-state index is 13.8. The lowest BCUT2D eigenvalue weighted by Gasteiger charge is -2.41. The molecule has 2 heterocycles. The number of carbonyl (C=O) groups excluding carboxylic acids is 2. The Kier molecular flexibility index (Phi) is 10.1. The van der Waals surface area contributed by atoms with Crippen molar-refractivity contribution in [3.05, 3.63) is 82.8 Å². The first-order valence-corrected chi connectivity index (χ1v) is 15.0. The Labute approximate surface area is 254 Å². The normalized spacial score (nSPS) is 18.4. The van der Waals surface area contributed by atoms with Crippen LogP contribution in [0.5, 0.6) is 0 Å². The third-order valence-corrected chi connectivity index (χ3v) is 7.23. The van der Waals surface area contributed by atoms with Crippen LogP contribution in [-0.4, -0.2) is 40.5 Å². The largest absolute Gasteiger partial charge is 0.460 e. The zero-order valence-corrected chi connectivity index (χ0v) is 26.3. The Balaban J connectivity index is 1.59. The first-order valence-electron chi connectivity index (χ1n) is 15.0. The van der Waals surface area contributed by atoms with Gasteiger partial charge in [-0.15, -0.1) is 0 Å². The van der Waals surface area contributed by atoms with Crippen LogP contribution in [-0.2, 0) is 36.8 Å². The van der Waals surface area contributed by atoms with Gasteiger partial charge in [0.25, 0.3) is 0 Å². The van der Waals surface area contributed by atoms with Gasteiger partial charge >= 0.3 is 11.9 Å². The van der Waals surface area contributed by atoms with Gasteiger partial charge in [0.2, 0.25) is 0 Å². The molecule has 2 atom stereocenters. The van der Waals surface area contributed by atoms with Gasteiger partial charge in [-0.2, -0.15) is 0 Å². The molecular weight excluding hydrogens is 549 g/mol. The maximum absolute atomic E-state index is 13.8. The average molecular weight is 594 g/mol. The minimum absolute atomic E-state index is 0.00619. The summed E-state index contributed by atoms with van der Waals surface area (Å²) < 4.78 is 37.5. The topological polar surface area (TPSA) is 86.9 Å². The van der Waals surface area contributed by atoms with E-state index in [0.717, 1.165) is 27.9 Å². The van der Waals surface area contributed by atoms with Crippen LogP contribution in [0.1, 0.15) is 101 Å². The molecular formula is C35H44FNO6. The standard InChI is InChI=1S/C35H44FNO6/c1-22(2)30-28(18-17-26-19-27(42-35(6,7)41-26)20-29(38)43-34(3,4)5)31(24-13-15-25(36)16-14-24)37-32(30)33(39)40-21-23-11-9-8-10-12-23/h8-16,22,26-27,37H,17-21H2,1-7H3/t26-,27-/m1/s1. The molecule has 0 amide bonds. The summed E-state index contributed by atoms with van der Waals surface area (Å²) >= 11 is 0. The van der Waals surface area contributed by atoms with Crippen molar-refractivity contribution in [2.75, 3.05) is 0 Å². The molecule has 1 saturated heterocycles. The van der Waals surface area contributed by atoms with Crippen molar-refractivity contribution in [1.82, 2.24) is 4.98 Å². The van der Waals surface area contributed by atoms with Gasteiger partial charge in [0.05, 0.1) is 18.6 Å². The minimum atomic E-state index is -0.874. The third kappa shape index (κ3) is 9.00. The van der Waals surface area contributed by atoms with E-state index in [1.54, 1.807) is 12.1 Å². The Morgan fingerprint density at radius 2 is 1.67 bits per heavy atom. The van der Waals surface area contributed by atoms with E-state index in [9.17, 15) is 14.0 Å². The van der Waals surface area contributed by atoms with E-state index in [-0.39, 0.29) is 42.9 Å². The summed E-state index contributed by atoms with van der Waals surface area (Å²) in [5.74, 6) is -1.95. The summed E-state index contributed by atoms with van der Waals surface area (Å²) in [6.45, 7) is 13.5. The highest BCUT2D eigenvalue weighted by Crippen LogP contribution is 2.37. The lowest BCUT2D eigenvalue weighted by Crippen LogP contribution is -2.45. The van der Waals surface area contributed by atoms with E-state index < -0.39 is 17.4 Å². The van der Waals surface area contributed by atoms with Crippen LogP contribution in [0.25, 0.3) is 11.3 Å². The van der Waals surface area contributed by atoms with E-state index in [2.05, 4.69) is 4.98 Å². The Hall–Kier alpha value is -3.49. The molecule has 232 valence electrons. The molecule has 0 aliphatic carbocycles. The molecule has 1 aliphatic rings. The van der Waals surface area contributed by atoms with Crippen molar-refractivity contribution >= 4 is 11.9 Å². The second kappa shape index (κ2) is 13.4. The monoisotopic (exact) mass is 593 g/mol. The van der Waals surface area contributed by atoms with Crippen LogP contribution in [0.3, 0.4) is 0 Å². The zero-order valence-electron chi connectivity index (χ0n) is 26.3. The summed E-state index contributed by atoms with van der Waals surface area (Å²) in [4.78, 5) is 29.3. The SMILES string of the molecule is CC(C)c1c(C(=O)OCc2ccccc2)[nH]c(-c2ccc(F)cc2)c1CC[C@@H]1C[C@H](CC(=O)OC(C)(C)C)OC(C)(C)O1. The van der Waals surface area contributed by atoms with Crippen molar-refractivity contribution in [3.63, 3.8) is 0 Å². The van der Waals surface area contributed by atoms with Gasteiger partial charge in [-0.1, -0.05) is 44.2 Å². The predicted molar refractivity (Wildman–Crippen MR) is 163 cm³/mol. The number of aromatic amines is 1. The van der Waals surface area contributed by atoms with E-state index in [4.69, 9.17) is 18.9 Å². The molecule has 4 rings (SSSR count). The fourth-order valence-electron chi connectivity index (χ4n) is 5.67. The quantitative estimate of drug-likeness (QED) is 0.241. The molecule has 0 radical (unpaired) electrons. The van der Waals surface area contributed by atoms with E-state index in [0.29, 0.717) is 25.0 Å². The molecule has 43 heavy (non-hydrogen) atoms. The summed E-state index contributed by atoms with van der Waals surface area (Å²) in [7, 11) is 0. The van der Waals surface area contributed by atoms with Crippen LogP contribution < -0.4 is 0 Å². The van der Waals surface area contributed by atoms with Crippen molar-refractivity contribution in [3.8, 4) is 11.3 Å². The number of H-pyrrole nitrogens is 1. The minimum Gasteiger partial charge on any atom is -0.460 e. The molecule has 1 fully saturated rings. The summed E-state index contributed by atoms with van der Waals surface area (Å²) in [6.07, 6.45) is 1.34. The molecule has 0 saturated carbocycles. The number of hydrogen-bond acceptors (Lipinski definition) is 6. The molecule has 1 N–H and O–H groups in total. The van der Waals surface area contributed by atoms with Crippen LogP contribution >= 0.6 is 0 Å². The number of rotatable bonds is 10. The van der Waals surface area contributed by atoms with Gasteiger partial charge in [0.1, 0.15) is 23.7 Å². The Morgan fingerprint density at radius 3 is 2.30 bits per heavy atom. The van der Waals surface area contributed by atoms with Gasteiger partial charge < -0.3 is 23.9 Å². The third-order valence-electron chi connectivity index (χ3n) is 7.23. The Morgan fingerprint density at radius 1 is 1.02 bits per heavy atom. The second-order valence-electron chi connectivity index (χ2n) is 12.9. The molecule has 0 spiro atoms. The van der Waals surface area contributed by atoms with E-state index >= 15 is 0 Å². The lowest BCUT2D eigenvalue weighted by atomic mass is 9.91. The van der Waals surface area contributed by atoms with Gasteiger partial charge in [-0.25, -0.2) is 9.18 Å². The highest BCUT2D eigenvalue weighted by molar-refractivity contribution is 5.92. The number of nitrogens with one attached hydrogen (secondary N) is 1. The van der Waals surface area contributed by atoms with Gasteiger partial charge in [-0.05, 0) is 99.9 Å². The first-order chi connectivity index (χ1) is 20.2. The van der Waals surface area contributed by atoms with Crippen molar-refractivity contribution in [2.24, 2.45) is 0 Å². The smallest absolute Gasteiger partial charge is 0.355 e. The van der Waals surface area contributed by atoms with Crippen molar-refractivity contribution < 1.29 is 32.9 Å². The van der Waals surface area contributed by atoms with Gasteiger partial charge in [0, 0.05) is 12.1 Å². The number of aromatic nitrogens is 1. The van der Waals surface area contributed by atoms with Crippen molar-refractivity contribution in [2.45, 2.75) is 110 Å². The van der Waals surface area contributed by atoms with Gasteiger partial charge in [0.15, 0.2) is 5.79 Å². The number of halogens is 1. The van der Waals surface area contributed by atoms with Crippen LogP contribution in [0.4, 0.5) is 4.39 Å². The highest BCUT2D eigenvalue weighted by atomic mass is 19.1. The van der Waals surface area contributed by atoms with E-state index in [1.807, 2.05) is 78.8 Å². The molecule has 8 heteroatoms. The van der Waals surface area contributed by atoms with Crippen LogP contribution in [0.15, 0.2) is 54.6 Å². The summed E-state index contributed by atoms with van der Waals surface area (Å²) in [5, 5.41) is 0. The number of esters is 2. The molecule has 7 nitrogen and oxygen atoms in total. The summed E-state index contributed by atoms with van der Waals surface area (Å²) in [6, 6.07) is 15.8. The van der Waals surface area contributed by atoms with Crippen LogP contribution in [0, 0.1) is 5.82 Å². The molecule has 0 bridgehead atoms. The second-order valence-corrected chi connectivity index (χ2v) is 12.9.